The van der Waals surface area contributed by atoms with Crippen molar-refractivity contribution in [3.05, 3.63) is 29.8 Å². The van der Waals surface area contributed by atoms with E-state index in [2.05, 4.69) is 9.97 Å². The zero-order valence-corrected chi connectivity index (χ0v) is 8.07. The molecule has 0 aliphatic rings. The van der Waals surface area contributed by atoms with Gasteiger partial charge in [-0.25, -0.2) is 14.4 Å². The number of rotatable bonds is 2. The number of anilines is 1. The van der Waals surface area contributed by atoms with Gasteiger partial charge in [-0.3, -0.25) is 0 Å². The summed E-state index contributed by atoms with van der Waals surface area (Å²) in [6.45, 7) is 0.464. The van der Waals surface area contributed by atoms with Gasteiger partial charge in [0.15, 0.2) is 0 Å². The van der Waals surface area contributed by atoms with E-state index >= 15 is 0 Å². The van der Waals surface area contributed by atoms with Gasteiger partial charge in [-0.1, -0.05) is 0 Å². The van der Waals surface area contributed by atoms with Crippen LogP contribution < -0.4 is 11.5 Å². The summed E-state index contributed by atoms with van der Waals surface area (Å²) in [5, 5.41) is 0.538. The number of fused-ring (bicyclic) bond motifs is 1. The highest BCUT2D eigenvalue weighted by Crippen LogP contribution is 2.18. The van der Waals surface area contributed by atoms with E-state index in [1.165, 1.54) is 12.1 Å². The molecule has 1 aromatic carbocycles. The summed E-state index contributed by atoms with van der Waals surface area (Å²) in [6, 6.07) is 4.26. The molecule has 2 rings (SSSR count). The summed E-state index contributed by atoms with van der Waals surface area (Å²) in [7, 11) is 0. The maximum atomic E-state index is 12.9. The van der Waals surface area contributed by atoms with Crippen molar-refractivity contribution >= 4 is 16.7 Å². The molecule has 1 heterocycles. The number of aromatic nitrogens is 2. The van der Waals surface area contributed by atoms with Gasteiger partial charge in [0.05, 0.1) is 5.52 Å². The van der Waals surface area contributed by atoms with Gasteiger partial charge in [0, 0.05) is 11.8 Å². The Hall–Kier alpha value is -1.75. The van der Waals surface area contributed by atoms with Crippen LogP contribution in [0.5, 0.6) is 0 Å². The molecule has 0 spiro atoms. The normalized spacial score (nSPS) is 10.8. The Morgan fingerprint density at radius 1 is 1.27 bits per heavy atom. The van der Waals surface area contributed by atoms with Gasteiger partial charge in [0.1, 0.15) is 17.5 Å². The lowest BCUT2D eigenvalue weighted by Gasteiger charge is -2.04. The van der Waals surface area contributed by atoms with Crippen molar-refractivity contribution in [2.75, 3.05) is 12.3 Å². The second-order valence-electron chi connectivity index (χ2n) is 3.23. The van der Waals surface area contributed by atoms with E-state index in [0.29, 0.717) is 35.5 Å². The lowest BCUT2D eigenvalue weighted by Crippen LogP contribution is -2.08. The van der Waals surface area contributed by atoms with Gasteiger partial charge in [-0.15, -0.1) is 0 Å². The number of hydrogen-bond donors (Lipinski definition) is 2. The van der Waals surface area contributed by atoms with E-state index in [1.54, 1.807) is 6.07 Å². The summed E-state index contributed by atoms with van der Waals surface area (Å²) in [6.07, 6.45) is 0.567. The van der Waals surface area contributed by atoms with Crippen LogP contribution in [-0.4, -0.2) is 16.5 Å². The van der Waals surface area contributed by atoms with E-state index in [0.717, 1.165) is 0 Å². The standard InChI is InChI=1S/C10H11FN4/c11-6-1-2-8-7(5-6)10(13)15-9(14-8)3-4-12/h1-2,5H,3-4,12H2,(H2,13,14,15). The van der Waals surface area contributed by atoms with Crippen LogP contribution in [0.15, 0.2) is 18.2 Å². The third-order valence-corrected chi connectivity index (χ3v) is 2.10. The highest BCUT2D eigenvalue weighted by molar-refractivity contribution is 5.87. The molecule has 2 aromatic rings. The van der Waals surface area contributed by atoms with Crippen LogP contribution in [0.1, 0.15) is 5.82 Å². The fourth-order valence-corrected chi connectivity index (χ4v) is 1.42. The molecule has 0 unspecified atom stereocenters. The predicted octanol–water partition coefficient (Wildman–Crippen LogP) is 0.852. The maximum absolute atomic E-state index is 12.9. The average molecular weight is 206 g/mol. The van der Waals surface area contributed by atoms with Crippen LogP contribution in [0, 0.1) is 5.82 Å². The molecule has 15 heavy (non-hydrogen) atoms. The third-order valence-electron chi connectivity index (χ3n) is 2.10. The average Bonchev–Trinajstić information content (AvgIpc) is 2.20. The van der Waals surface area contributed by atoms with Crippen molar-refractivity contribution in [3.8, 4) is 0 Å². The smallest absolute Gasteiger partial charge is 0.135 e. The first kappa shape index (κ1) is 9.79. The van der Waals surface area contributed by atoms with E-state index in [-0.39, 0.29) is 5.82 Å². The van der Waals surface area contributed by atoms with Crippen molar-refractivity contribution in [2.24, 2.45) is 5.73 Å². The third kappa shape index (κ3) is 1.87. The molecule has 0 aliphatic heterocycles. The van der Waals surface area contributed by atoms with E-state index in [1.807, 2.05) is 0 Å². The number of nitrogens with two attached hydrogens (primary N) is 2. The summed E-state index contributed by atoms with van der Waals surface area (Å²) < 4.78 is 12.9. The van der Waals surface area contributed by atoms with Gasteiger partial charge < -0.3 is 11.5 Å². The van der Waals surface area contributed by atoms with Gasteiger partial charge in [0.25, 0.3) is 0 Å². The van der Waals surface area contributed by atoms with Crippen LogP contribution >= 0.6 is 0 Å². The number of nitrogen functional groups attached to an aromatic ring is 1. The van der Waals surface area contributed by atoms with Crippen molar-refractivity contribution in [3.63, 3.8) is 0 Å². The summed E-state index contributed by atoms with van der Waals surface area (Å²) >= 11 is 0. The number of hydrogen-bond acceptors (Lipinski definition) is 4. The lowest BCUT2D eigenvalue weighted by molar-refractivity contribution is 0.629. The van der Waals surface area contributed by atoms with Gasteiger partial charge in [-0.05, 0) is 24.7 Å². The van der Waals surface area contributed by atoms with Gasteiger partial charge >= 0.3 is 0 Å². The molecule has 78 valence electrons. The Bertz CT molecular complexity index is 498. The molecule has 0 aliphatic carbocycles. The molecule has 4 N–H and O–H groups in total. The molecule has 0 atom stereocenters. The quantitative estimate of drug-likeness (QED) is 0.763. The number of nitrogens with zero attached hydrogens (tertiary/aromatic N) is 2. The Morgan fingerprint density at radius 2 is 2.07 bits per heavy atom. The summed E-state index contributed by atoms with van der Waals surface area (Å²) in [4.78, 5) is 8.28. The molecule has 0 amide bonds. The molecule has 0 saturated heterocycles. The van der Waals surface area contributed by atoms with Crippen molar-refractivity contribution in [1.82, 2.24) is 9.97 Å². The first-order chi connectivity index (χ1) is 7.20. The highest BCUT2D eigenvalue weighted by atomic mass is 19.1. The molecule has 0 radical (unpaired) electrons. The first-order valence-electron chi connectivity index (χ1n) is 4.62. The van der Waals surface area contributed by atoms with Crippen molar-refractivity contribution in [1.29, 1.82) is 0 Å². The van der Waals surface area contributed by atoms with Crippen molar-refractivity contribution < 1.29 is 4.39 Å². The Balaban J connectivity index is 2.62. The van der Waals surface area contributed by atoms with Crippen LogP contribution in [-0.2, 0) is 6.42 Å². The molecular weight excluding hydrogens is 195 g/mol. The summed E-state index contributed by atoms with van der Waals surface area (Å²) in [5.74, 6) is 0.543. The minimum absolute atomic E-state index is 0.294. The monoisotopic (exact) mass is 206 g/mol. The van der Waals surface area contributed by atoms with E-state index in [4.69, 9.17) is 11.5 Å². The second kappa shape index (κ2) is 3.78. The Kier molecular flexibility index (Phi) is 2.47. The molecule has 5 heteroatoms. The zero-order chi connectivity index (χ0) is 10.8. The first-order valence-corrected chi connectivity index (χ1v) is 4.62. The fraction of sp³-hybridized carbons (Fsp3) is 0.200. The molecule has 1 aromatic heterocycles. The van der Waals surface area contributed by atoms with Crippen LogP contribution in [0.3, 0.4) is 0 Å². The molecule has 0 fully saturated rings. The largest absolute Gasteiger partial charge is 0.383 e. The minimum atomic E-state index is -0.343. The van der Waals surface area contributed by atoms with Crippen LogP contribution in [0.25, 0.3) is 10.9 Å². The van der Waals surface area contributed by atoms with Crippen molar-refractivity contribution in [2.45, 2.75) is 6.42 Å². The van der Waals surface area contributed by atoms with E-state index < -0.39 is 0 Å². The SMILES string of the molecule is NCCc1nc(N)c2cc(F)ccc2n1. The topological polar surface area (TPSA) is 77.8 Å². The Morgan fingerprint density at radius 3 is 2.80 bits per heavy atom. The van der Waals surface area contributed by atoms with Crippen LogP contribution in [0.4, 0.5) is 10.2 Å². The van der Waals surface area contributed by atoms with E-state index in [9.17, 15) is 4.39 Å². The minimum Gasteiger partial charge on any atom is -0.383 e. The second-order valence-corrected chi connectivity index (χ2v) is 3.23. The van der Waals surface area contributed by atoms with Gasteiger partial charge in [0.2, 0.25) is 0 Å². The maximum Gasteiger partial charge on any atom is 0.135 e. The van der Waals surface area contributed by atoms with Gasteiger partial charge in [-0.2, -0.15) is 0 Å². The highest BCUT2D eigenvalue weighted by Gasteiger charge is 2.05. The molecule has 0 bridgehead atoms. The molecular formula is C10H11FN4. The summed E-state index contributed by atoms with van der Waals surface area (Å²) in [5.41, 5.74) is 11.7. The number of halogens is 1. The van der Waals surface area contributed by atoms with Crippen LogP contribution in [0.2, 0.25) is 0 Å². The zero-order valence-electron chi connectivity index (χ0n) is 8.07. The molecule has 0 saturated carbocycles. The molecule has 4 nitrogen and oxygen atoms in total. The Labute approximate surface area is 86.1 Å². The predicted molar refractivity (Wildman–Crippen MR) is 56.7 cm³/mol. The lowest BCUT2D eigenvalue weighted by atomic mass is 10.2. The fourth-order valence-electron chi connectivity index (χ4n) is 1.42. The number of benzene rings is 1.